The molecule has 1 aliphatic heterocycles. The van der Waals surface area contributed by atoms with Gasteiger partial charge in [0, 0.05) is 12.6 Å². The predicted molar refractivity (Wildman–Crippen MR) is 84.0 cm³/mol. The average Bonchev–Trinajstić information content (AvgIpc) is 2.49. The minimum absolute atomic E-state index is 0. The lowest BCUT2D eigenvalue weighted by molar-refractivity contribution is -0.126. The molecular formula is C15H23ClN2O3. The van der Waals surface area contributed by atoms with Crippen molar-refractivity contribution in [3.8, 4) is 5.75 Å². The fraction of sp³-hybridized carbons (Fsp3) is 0.533. The molecule has 1 atom stereocenters. The van der Waals surface area contributed by atoms with Crippen molar-refractivity contribution in [2.24, 2.45) is 0 Å². The highest BCUT2D eigenvalue weighted by Crippen LogP contribution is 2.07. The number of amides is 1. The highest BCUT2D eigenvalue weighted by molar-refractivity contribution is 5.85. The van der Waals surface area contributed by atoms with Crippen molar-refractivity contribution in [3.63, 3.8) is 0 Å². The van der Waals surface area contributed by atoms with Gasteiger partial charge in [0.1, 0.15) is 19.0 Å². The summed E-state index contributed by atoms with van der Waals surface area (Å²) in [6.45, 7) is 2.84. The topological polar surface area (TPSA) is 59.6 Å². The molecule has 2 rings (SSSR count). The highest BCUT2D eigenvalue weighted by atomic mass is 35.5. The lowest BCUT2D eigenvalue weighted by Crippen LogP contribution is -2.46. The van der Waals surface area contributed by atoms with Gasteiger partial charge >= 0.3 is 0 Å². The molecule has 1 aliphatic rings. The first-order valence-corrected chi connectivity index (χ1v) is 7.10. The largest absolute Gasteiger partial charge is 0.491 e. The van der Waals surface area contributed by atoms with E-state index in [-0.39, 0.29) is 31.0 Å². The molecule has 0 aromatic heterocycles. The second kappa shape index (κ2) is 10.4. The van der Waals surface area contributed by atoms with Gasteiger partial charge in [0.15, 0.2) is 0 Å². The Labute approximate surface area is 131 Å². The van der Waals surface area contributed by atoms with E-state index >= 15 is 0 Å². The number of nitrogens with one attached hydrogen (secondary N) is 2. The maximum absolute atomic E-state index is 11.6. The fourth-order valence-electron chi connectivity index (χ4n) is 2.14. The molecule has 118 valence electrons. The molecule has 2 N–H and O–H groups in total. The predicted octanol–water partition coefficient (Wildman–Crippen LogP) is 1.37. The Morgan fingerprint density at radius 3 is 2.81 bits per heavy atom. The van der Waals surface area contributed by atoms with Crippen LogP contribution in [0.1, 0.15) is 12.8 Å². The first kappa shape index (κ1) is 17.8. The number of carbonyl (C=O) groups excluding carboxylic acids is 1. The Kier molecular flexibility index (Phi) is 8.82. The number of ether oxygens (including phenoxy) is 2. The molecule has 1 unspecified atom stereocenters. The van der Waals surface area contributed by atoms with Gasteiger partial charge in [-0.15, -0.1) is 12.4 Å². The van der Waals surface area contributed by atoms with E-state index in [4.69, 9.17) is 9.47 Å². The maximum atomic E-state index is 11.6. The van der Waals surface area contributed by atoms with Crippen molar-refractivity contribution < 1.29 is 14.3 Å². The van der Waals surface area contributed by atoms with E-state index in [2.05, 4.69) is 10.6 Å². The van der Waals surface area contributed by atoms with E-state index < -0.39 is 0 Å². The Morgan fingerprint density at radius 2 is 2.10 bits per heavy atom. The van der Waals surface area contributed by atoms with E-state index in [0.29, 0.717) is 13.2 Å². The second-order valence-corrected chi connectivity index (χ2v) is 4.82. The number of carbonyl (C=O) groups is 1. The molecule has 1 saturated heterocycles. The molecule has 1 heterocycles. The minimum atomic E-state index is -0.0570. The van der Waals surface area contributed by atoms with Crippen molar-refractivity contribution in [2.75, 3.05) is 32.9 Å². The number of para-hydroxylation sites is 1. The van der Waals surface area contributed by atoms with E-state index in [1.165, 1.54) is 0 Å². The number of hydrogen-bond donors (Lipinski definition) is 2. The molecule has 1 aromatic rings. The summed E-state index contributed by atoms with van der Waals surface area (Å²) in [5.74, 6) is 0.757. The molecule has 1 fully saturated rings. The quantitative estimate of drug-likeness (QED) is 0.746. The third-order valence-corrected chi connectivity index (χ3v) is 3.13. The van der Waals surface area contributed by atoms with Gasteiger partial charge in [-0.05, 0) is 31.5 Å². The van der Waals surface area contributed by atoms with E-state index in [1.807, 2.05) is 30.3 Å². The summed E-state index contributed by atoms with van der Waals surface area (Å²) in [6, 6.07) is 9.80. The van der Waals surface area contributed by atoms with Gasteiger partial charge in [-0.25, -0.2) is 0 Å². The number of benzene rings is 1. The molecule has 0 radical (unpaired) electrons. The summed E-state index contributed by atoms with van der Waals surface area (Å²) < 4.78 is 10.8. The average molecular weight is 315 g/mol. The van der Waals surface area contributed by atoms with Gasteiger partial charge in [-0.3, -0.25) is 4.79 Å². The molecule has 6 heteroatoms. The molecule has 0 saturated carbocycles. The van der Waals surface area contributed by atoms with Gasteiger partial charge < -0.3 is 20.1 Å². The van der Waals surface area contributed by atoms with E-state index in [1.54, 1.807) is 0 Å². The Hall–Kier alpha value is -1.30. The van der Waals surface area contributed by atoms with Crippen LogP contribution in [0.2, 0.25) is 0 Å². The van der Waals surface area contributed by atoms with Crippen LogP contribution in [0.4, 0.5) is 0 Å². The van der Waals surface area contributed by atoms with E-state index in [0.717, 1.165) is 31.7 Å². The Morgan fingerprint density at radius 1 is 1.29 bits per heavy atom. The van der Waals surface area contributed by atoms with Crippen LogP contribution in [0.25, 0.3) is 0 Å². The highest BCUT2D eigenvalue weighted by Gasteiger charge is 2.14. The van der Waals surface area contributed by atoms with Gasteiger partial charge in [-0.1, -0.05) is 18.2 Å². The molecule has 21 heavy (non-hydrogen) atoms. The first-order chi connectivity index (χ1) is 9.84. The number of rotatable bonds is 7. The van der Waals surface area contributed by atoms with Crippen molar-refractivity contribution >= 4 is 18.3 Å². The zero-order valence-corrected chi connectivity index (χ0v) is 12.9. The van der Waals surface area contributed by atoms with Crippen LogP contribution in [0, 0.1) is 0 Å². The number of hydrogen-bond acceptors (Lipinski definition) is 4. The summed E-state index contributed by atoms with van der Waals surface area (Å²) in [6.07, 6.45) is 2.15. The molecule has 1 amide bonds. The summed E-state index contributed by atoms with van der Waals surface area (Å²) in [4.78, 5) is 11.6. The zero-order valence-electron chi connectivity index (χ0n) is 12.0. The summed E-state index contributed by atoms with van der Waals surface area (Å²) in [5.41, 5.74) is 0. The van der Waals surface area contributed by atoms with Crippen molar-refractivity contribution in [1.82, 2.24) is 10.6 Å². The Bertz CT molecular complexity index is 397. The fourth-order valence-corrected chi connectivity index (χ4v) is 2.14. The standard InChI is InChI=1S/C15H22N2O3.ClH/c18-15(17-13-5-4-8-16-11-13)12-19-9-10-20-14-6-2-1-3-7-14;/h1-3,6-7,13,16H,4-5,8-12H2,(H,17,18);1H. The third kappa shape index (κ3) is 7.32. The molecule has 1 aromatic carbocycles. The lowest BCUT2D eigenvalue weighted by Gasteiger charge is -2.23. The zero-order chi connectivity index (χ0) is 14.0. The third-order valence-electron chi connectivity index (χ3n) is 3.13. The smallest absolute Gasteiger partial charge is 0.246 e. The van der Waals surface area contributed by atoms with Crippen molar-refractivity contribution in [1.29, 1.82) is 0 Å². The normalized spacial score (nSPS) is 17.6. The van der Waals surface area contributed by atoms with Gasteiger partial charge in [0.2, 0.25) is 5.91 Å². The van der Waals surface area contributed by atoms with Gasteiger partial charge in [0.05, 0.1) is 6.61 Å². The summed E-state index contributed by atoms with van der Waals surface area (Å²) in [5, 5.41) is 6.22. The maximum Gasteiger partial charge on any atom is 0.246 e. The van der Waals surface area contributed by atoms with Crippen LogP contribution < -0.4 is 15.4 Å². The minimum Gasteiger partial charge on any atom is -0.491 e. The van der Waals surface area contributed by atoms with E-state index in [9.17, 15) is 4.79 Å². The van der Waals surface area contributed by atoms with Crippen LogP contribution in [-0.4, -0.2) is 44.9 Å². The van der Waals surface area contributed by atoms with Crippen molar-refractivity contribution in [2.45, 2.75) is 18.9 Å². The lowest BCUT2D eigenvalue weighted by atomic mass is 10.1. The van der Waals surface area contributed by atoms with Gasteiger partial charge in [-0.2, -0.15) is 0 Å². The molecule has 5 nitrogen and oxygen atoms in total. The van der Waals surface area contributed by atoms with Crippen LogP contribution in [0.3, 0.4) is 0 Å². The summed E-state index contributed by atoms with van der Waals surface area (Å²) >= 11 is 0. The SMILES string of the molecule is Cl.O=C(COCCOc1ccccc1)NC1CCCNC1. The molecule has 0 spiro atoms. The summed E-state index contributed by atoms with van der Waals surface area (Å²) in [7, 11) is 0. The first-order valence-electron chi connectivity index (χ1n) is 7.10. The number of piperidine rings is 1. The number of halogens is 1. The van der Waals surface area contributed by atoms with Crippen molar-refractivity contribution in [3.05, 3.63) is 30.3 Å². The van der Waals surface area contributed by atoms with Crippen LogP contribution in [0.15, 0.2) is 30.3 Å². The van der Waals surface area contributed by atoms with Crippen LogP contribution in [0.5, 0.6) is 5.75 Å². The molecule has 0 aliphatic carbocycles. The van der Waals surface area contributed by atoms with Gasteiger partial charge in [0.25, 0.3) is 0 Å². The molecule has 0 bridgehead atoms. The second-order valence-electron chi connectivity index (χ2n) is 4.82. The van der Waals surface area contributed by atoms with Crippen LogP contribution >= 0.6 is 12.4 Å². The molecular weight excluding hydrogens is 292 g/mol. The van der Waals surface area contributed by atoms with Crippen LogP contribution in [-0.2, 0) is 9.53 Å². The monoisotopic (exact) mass is 314 g/mol. The Balaban J connectivity index is 0.00000220.